The lowest BCUT2D eigenvalue weighted by molar-refractivity contribution is 0.0615. The van der Waals surface area contributed by atoms with Gasteiger partial charge < -0.3 is 0 Å². The minimum absolute atomic E-state index is 0.215. The summed E-state index contributed by atoms with van der Waals surface area (Å²) in [5.74, 6) is 0.453. The van der Waals surface area contributed by atoms with Gasteiger partial charge in [0.2, 0.25) is 0 Å². The molecule has 0 spiro atoms. The van der Waals surface area contributed by atoms with Gasteiger partial charge in [0.15, 0.2) is 0 Å². The topological polar surface area (TPSA) is 26.3 Å². The normalized spacial score (nSPS) is 15.3. The van der Waals surface area contributed by atoms with E-state index in [4.69, 9.17) is 4.52 Å². The third-order valence-corrected chi connectivity index (χ3v) is 2.73. The van der Waals surface area contributed by atoms with Crippen LogP contribution < -0.4 is 0 Å². The van der Waals surface area contributed by atoms with Crippen LogP contribution in [0.5, 0.6) is 0 Å². The van der Waals surface area contributed by atoms with Gasteiger partial charge in [-0.1, -0.05) is 20.3 Å². The maximum Gasteiger partial charge on any atom is 0.327 e. The molecule has 0 fully saturated rings. The summed E-state index contributed by atoms with van der Waals surface area (Å²) in [7, 11) is -0.215. The number of hydrogen-bond donors (Lipinski definition) is 0. The zero-order valence-corrected chi connectivity index (χ0v) is 8.65. The molecule has 0 bridgehead atoms. The van der Waals surface area contributed by atoms with E-state index in [-0.39, 0.29) is 14.3 Å². The highest BCUT2D eigenvalue weighted by Crippen LogP contribution is 2.28. The Kier molecular flexibility index (Phi) is 4.87. The highest BCUT2D eigenvalue weighted by atomic mass is 31.1. The van der Waals surface area contributed by atoms with Crippen LogP contribution in [0.15, 0.2) is 0 Å². The predicted molar refractivity (Wildman–Crippen MR) is 46.8 cm³/mol. The van der Waals surface area contributed by atoms with Crippen molar-refractivity contribution in [2.75, 3.05) is 0 Å². The highest BCUT2D eigenvalue weighted by molar-refractivity contribution is 7.17. The fourth-order valence-corrected chi connectivity index (χ4v) is 1.34. The van der Waals surface area contributed by atoms with Crippen LogP contribution >= 0.6 is 8.69 Å². The van der Waals surface area contributed by atoms with Crippen molar-refractivity contribution in [2.45, 2.75) is 46.1 Å². The maximum atomic E-state index is 10.2. The first-order valence-electron chi connectivity index (χ1n) is 4.05. The molecule has 0 heterocycles. The summed E-state index contributed by atoms with van der Waals surface area (Å²) >= 11 is 0. The van der Waals surface area contributed by atoms with Crippen LogP contribution in [0, 0.1) is 5.92 Å². The van der Waals surface area contributed by atoms with E-state index in [0.29, 0.717) is 5.92 Å². The second-order valence-corrected chi connectivity index (χ2v) is 3.79. The molecular formula is C8H17O2P. The summed E-state index contributed by atoms with van der Waals surface area (Å²) in [4.78, 5) is 0. The van der Waals surface area contributed by atoms with Gasteiger partial charge in [-0.3, -0.25) is 4.52 Å². The SMILES string of the molecule is CCCC(C)C(C)(C)OP=O. The lowest BCUT2D eigenvalue weighted by Gasteiger charge is -2.28. The molecule has 0 N–H and O–H groups in total. The standard InChI is InChI=1S/C8H17O2P/c1-5-6-7(2)8(3,4)10-11-9/h7H,5-6H2,1-4H3. The van der Waals surface area contributed by atoms with E-state index in [2.05, 4.69) is 13.8 Å². The molecule has 0 aliphatic rings. The van der Waals surface area contributed by atoms with E-state index < -0.39 is 0 Å². The minimum atomic E-state index is -0.265. The molecule has 0 aromatic rings. The van der Waals surface area contributed by atoms with Crippen molar-refractivity contribution in [3.8, 4) is 0 Å². The smallest absolute Gasteiger partial charge is 0.288 e. The van der Waals surface area contributed by atoms with Crippen molar-refractivity contribution in [3.63, 3.8) is 0 Å². The molecule has 3 heteroatoms. The summed E-state index contributed by atoms with van der Waals surface area (Å²) in [6.45, 7) is 8.20. The van der Waals surface area contributed by atoms with Crippen LogP contribution in [0.4, 0.5) is 0 Å². The third-order valence-electron chi connectivity index (χ3n) is 2.18. The summed E-state index contributed by atoms with van der Waals surface area (Å²) in [5.41, 5.74) is -0.265. The zero-order chi connectivity index (χ0) is 8.91. The Bertz CT molecular complexity index is 123. The van der Waals surface area contributed by atoms with Gasteiger partial charge in [0.25, 0.3) is 0 Å². The first-order chi connectivity index (χ1) is 5.04. The van der Waals surface area contributed by atoms with Crippen molar-refractivity contribution in [2.24, 2.45) is 5.92 Å². The van der Waals surface area contributed by atoms with E-state index in [1.165, 1.54) is 0 Å². The van der Waals surface area contributed by atoms with Crippen molar-refractivity contribution in [1.29, 1.82) is 0 Å². The maximum absolute atomic E-state index is 10.2. The fraction of sp³-hybridized carbons (Fsp3) is 1.00. The molecule has 0 amide bonds. The molecule has 0 aliphatic heterocycles. The second kappa shape index (κ2) is 4.84. The molecule has 0 aromatic carbocycles. The van der Waals surface area contributed by atoms with E-state index in [9.17, 15) is 4.57 Å². The lowest BCUT2D eigenvalue weighted by atomic mass is 9.89. The summed E-state index contributed by atoms with van der Waals surface area (Å²) < 4.78 is 15.3. The van der Waals surface area contributed by atoms with E-state index >= 15 is 0 Å². The second-order valence-electron chi connectivity index (χ2n) is 3.46. The van der Waals surface area contributed by atoms with E-state index in [1.807, 2.05) is 13.8 Å². The molecule has 0 saturated carbocycles. The van der Waals surface area contributed by atoms with Crippen LogP contribution in [-0.4, -0.2) is 5.60 Å². The van der Waals surface area contributed by atoms with Crippen LogP contribution in [0.25, 0.3) is 0 Å². The first kappa shape index (κ1) is 11.1. The molecule has 0 saturated heterocycles. The molecule has 0 aromatic heterocycles. The highest BCUT2D eigenvalue weighted by Gasteiger charge is 2.26. The van der Waals surface area contributed by atoms with Gasteiger partial charge in [0.05, 0.1) is 5.60 Å². The van der Waals surface area contributed by atoms with Crippen molar-refractivity contribution >= 4 is 8.69 Å². The monoisotopic (exact) mass is 176 g/mol. The Labute approximate surface area is 70.6 Å². The summed E-state index contributed by atoms with van der Waals surface area (Å²) in [6.07, 6.45) is 2.26. The zero-order valence-electron chi connectivity index (χ0n) is 7.76. The molecule has 66 valence electrons. The van der Waals surface area contributed by atoms with Gasteiger partial charge in [0.1, 0.15) is 0 Å². The quantitative estimate of drug-likeness (QED) is 0.600. The van der Waals surface area contributed by atoms with Crippen molar-refractivity contribution in [3.05, 3.63) is 0 Å². The average molecular weight is 176 g/mol. The third kappa shape index (κ3) is 3.83. The Balaban J connectivity index is 3.93. The predicted octanol–water partition coefficient (Wildman–Crippen LogP) is 3.42. The Hall–Kier alpha value is 0.0600. The van der Waals surface area contributed by atoms with Crippen LogP contribution in [-0.2, 0) is 9.09 Å². The molecular weight excluding hydrogens is 159 g/mol. The average Bonchev–Trinajstić information content (AvgIpc) is 1.88. The summed E-state index contributed by atoms with van der Waals surface area (Å²) in [6, 6.07) is 0. The lowest BCUT2D eigenvalue weighted by Crippen LogP contribution is -2.29. The molecule has 1 unspecified atom stereocenters. The summed E-state index contributed by atoms with van der Waals surface area (Å²) in [5, 5.41) is 0. The van der Waals surface area contributed by atoms with Crippen LogP contribution in [0.3, 0.4) is 0 Å². The molecule has 11 heavy (non-hydrogen) atoms. The first-order valence-corrected chi connectivity index (χ1v) is 4.78. The largest absolute Gasteiger partial charge is 0.327 e. The van der Waals surface area contributed by atoms with Crippen molar-refractivity contribution in [1.82, 2.24) is 0 Å². The molecule has 1 atom stereocenters. The van der Waals surface area contributed by atoms with Crippen molar-refractivity contribution < 1.29 is 9.09 Å². The molecule has 0 radical (unpaired) electrons. The Morgan fingerprint density at radius 2 is 2.09 bits per heavy atom. The van der Waals surface area contributed by atoms with Crippen LogP contribution in [0.1, 0.15) is 40.5 Å². The van der Waals surface area contributed by atoms with E-state index in [1.54, 1.807) is 0 Å². The van der Waals surface area contributed by atoms with Gasteiger partial charge in [-0.25, -0.2) is 4.57 Å². The van der Waals surface area contributed by atoms with E-state index in [0.717, 1.165) is 12.8 Å². The molecule has 2 nitrogen and oxygen atoms in total. The number of rotatable bonds is 5. The van der Waals surface area contributed by atoms with Gasteiger partial charge >= 0.3 is 8.69 Å². The molecule has 0 aliphatic carbocycles. The molecule has 0 rings (SSSR count). The van der Waals surface area contributed by atoms with Gasteiger partial charge in [-0.2, -0.15) is 0 Å². The van der Waals surface area contributed by atoms with Crippen LogP contribution in [0.2, 0.25) is 0 Å². The van der Waals surface area contributed by atoms with Gasteiger partial charge in [-0.05, 0) is 26.2 Å². The Morgan fingerprint density at radius 1 is 1.55 bits per heavy atom. The van der Waals surface area contributed by atoms with Gasteiger partial charge in [-0.15, -0.1) is 0 Å². The minimum Gasteiger partial charge on any atom is -0.288 e. The van der Waals surface area contributed by atoms with Gasteiger partial charge in [0, 0.05) is 0 Å². The fourth-order valence-electron chi connectivity index (χ4n) is 0.967. The Morgan fingerprint density at radius 3 is 2.45 bits per heavy atom. The number of hydrogen-bond acceptors (Lipinski definition) is 2.